The molecule has 0 bridgehead atoms. The van der Waals surface area contributed by atoms with Gasteiger partial charge in [0.25, 0.3) is 0 Å². The van der Waals surface area contributed by atoms with Gasteiger partial charge in [0.2, 0.25) is 5.51 Å². The van der Waals surface area contributed by atoms with Gasteiger partial charge in [-0.3, -0.25) is 0 Å². The zero-order chi connectivity index (χ0) is 7.84. The van der Waals surface area contributed by atoms with Crippen molar-refractivity contribution in [3.05, 3.63) is 29.5 Å². The summed E-state index contributed by atoms with van der Waals surface area (Å²) >= 11 is 0. The number of aryl methyl sites for hydroxylation is 1. The second-order valence-electron chi connectivity index (χ2n) is 2.40. The van der Waals surface area contributed by atoms with Gasteiger partial charge in [-0.15, -0.1) is 0 Å². The monoisotopic (exact) mass is 168 g/mol. The van der Waals surface area contributed by atoms with Crippen LogP contribution < -0.4 is 0 Å². The first-order valence-electron chi connectivity index (χ1n) is 3.26. The quantitative estimate of drug-likeness (QED) is 0.551. The van der Waals surface area contributed by atoms with Crippen molar-refractivity contribution in [3.8, 4) is 0 Å². The number of fused-ring (bicyclic) bond motifs is 1. The lowest BCUT2D eigenvalue weighted by Crippen LogP contribution is -1.71. The molecule has 0 fully saturated rings. The van der Waals surface area contributed by atoms with Crippen LogP contribution in [0, 0.1) is 5.82 Å². The van der Waals surface area contributed by atoms with Crippen LogP contribution in [0.4, 0.5) is 4.39 Å². The average molecular weight is 168 g/mol. The second-order valence-corrected chi connectivity index (χ2v) is 4.17. The Kier molecular flexibility index (Phi) is 1.39. The predicted molar refractivity (Wildman–Crippen MR) is 45.2 cm³/mol. The molecule has 0 spiro atoms. The summed E-state index contributed by atoms with van der Waals surface area (Å²) in [6, 6.07) is 4.76. The van der Waals surface area contributed by atoms with Crippen molar-refractivity contribution in [1.82, 2.24) is 4.98 Å². The van der Waals surface area contributed by atoms with E-state index in [0.717, 1.165) is 10.2 Å². The van der Waals surface area contributed by atoms with Gasteiger partial charge in [-0.1, -0.05) is 0 Å². The van der Waals surface area contributed by atoms with E-state index in [2.05, 4.69) is 11.2 Å². The fourth-order valence-electron chi connectivity index (χ4n) is 1.06. The van der Waals surface area contributed by atoms with E-state index < -0.39 is 0 Å². The van der Waals surface area contributed by atoms with Crippen LogP contribution in [0.2, 0.25) is 0 Å². The summed E-state index contributed by atoms with van der Waals surface area (Å²) < 4.78 is 13.8. The molecule has 0 radical (unpaired) electrons. The summed E-state index contributed by atoms with van der Waals surface area (Å²) in [4.78, 5) is 4.09. The third-order valence-electron chi connectivity index (χ3n) is 1.62. The molecule has 3 heteroatoms. The number of halogens is 1. The standard InChI is InChI=1S/C8H7FNS/c1-11-5-10-7-4-6(9)2-3-8(7)11/h2-5H,1H3/q+1. The number of hydrogen-bond donors (Lipinski definition) is 0. The molecule has 1 nitrogen and oxygen atoms in total. The summed E-state index contributed by atoms with van der Waals surface area (Å²) in [5.41, 5.74) is 2.65. The molecule has 0 saturated heterocycles. The molecule has 0 amide bonds. The van der Waals surface area contributed by atoms with E-state index in [-0.39, 0.29) is 16.3 Å². The maximum atomic E-state index is 12.6. The van der Waals surface area contributed by atoms with Crippen LogP contribution in [-0.2, 0) is 6.26 Å². The summed E-state index contributed by atoms with van der Waals surface area (Å²) in [5.74, 6) is -0.209. The van der Waals surface area contributed by atoms with Gasteiger partial charge < -0.3 is 0 Å². The van der Waals surface area contributed by atoms with Crippen molar-refractivity contribution in [2.45, 2.75) is 0 Å². The van der Waals surface area contributed by atoms with E-state index >= 15 is 0 Å². The minimum absolute atomic E-state index is 0.0856. The van der Waals surface area contributed by atoms with E-state index in [1.807, 2.05) is 5.51 Å². The van der Waals surface area contributed by atoms with Crippen molar-refractivity contribution in [2.24, 2.45) is 6.26 Å². The second kappa shape index (κ2) is 2.27. The Morgan fingerprint density at radius 1 is 1.45 bits per heavy atom. The Hall–Kier alpha value is -0.960. The van der Waals surface area contributed by atoms with E-state index in [1.54, 1.807) is 6.07 Å². The van der Waals surface area contributed by atoms with Gasteiger partial charge in [-0.05, 0) is 6.07 Å². The molecule has 1 aromatic heterocycles. The van der Waals surface area contributed by atoms with Crippen molar-refractivity contribution in [3.63, 3.8) is 0 Å². The smallest absolute Gasteiger partial charge is 0.207 e. The Bertz CT molecular complexity index is 394. The van der Waals surface area contributed by atoms with Crippen LogP contribution in [0.25, 0.3) is 10.2 Å². The summed E-state index contributed by atoms with van der Waals surface area (Å²) in [5, 5.41) is 0. The van der Waals surface area contributed by atoms with E-state index in [9.17, 15) is 4.39 Å². The predicted octanol–water partition coefficient (Wildman–Crippen LogP) is 2.66. The molecular formula is C8H7FNS+. The van der Waals surface area contributed by atoms with E-state index in [1.165, 1.54) is 12.1 Å². The Morgan fingerprint density at radius 3 is 3.09 bits per heavy atom. The molecule has 1 unspecified atom stereocenters. The van der Waals surface area contributed by atoms with Crippen molar-refractivity contribution < 1.29 is 4.39 Å². The van der Waals surface area contributed by atoms with Crippen LogP contribution in [0.5, 0.6) is 0 Å². The zero-order valence-electron chi connectivity index (χ0n) is 6.04. The molecule has 56 valence electrons. The lowest BCUT2D eigenvalue weighted by Gasteiger charge is -1.83. The number of rotatable bonds is 0. The van der Waals surface area contributed by atoms with Gasteiger partial charge in [0.1, 0.15) is 17.6 Å². The van der Waals surface area contributed by atoms with Crippen LogP contribution in [-0.4, -0.2) is 4.98 Å². The van der Waals surface area contributed by atoms with Crippen molar-refractivity contribution in [1.29, 1.82) is 0 Å². The fraction of sp³-hybridized carbons (Fsp3) is 0.125. The summed E-state index contributed by atoms with van der Waals surface area (Å²) in [6.07, 6.45) is 2.08. The Balaban J connectivity index is 2.86. The molecular weight excluding hydrogens is 161 g/mol. The molecule has 2 aromatic rings. The fourth-order valence-corrected chi connectivity index (χ4v) is 2.17. The molecule has 0 N–H and O–H groups in total. The van der Waals surface area contributed by atoms with Gasteiger partial charge in [0.05, 0.1) is 0 Å². The number of aromatic nitrogens is 1. The van der Waals surface area contributed by atoms with Gasteiger partial charge in [0.15, 0.2) is 4.70 Å². The molecule has 0 saturated carbocycles. The van der Waals surface area contributed by atoms with Crippen molar-refractivity contribution in [2.75, 3.05) is 0 Å². The molecule has 1 heterocycles. The highest BCUT2D eigenvalue weighted by Gasteiger charge is 2.08. The number of benzene rings is 1. The number of hydrogen-bond acceptors (Lipinski definition) is 1. The lowest BCUT2D eigenvalue weighted by atomic mass is 10.3. The van der Waals surface area contributed by atoms with E-state index in [4.69, 9.17) is 0 Å². The molecule has 0 aliphatic rings. The number of nitrogens with zero attached hydrogens (tertiary/aromatic N) is 1. The molecule has 0 aliphatic heterocycles. The third kappa shape index (κ3) is 1.01. The largest absolute Gasteiger partial charge is 0.230 e. The average Bonchev–Trinajstić information content (AvgIpc) is 2.32. The van der Waals surface area contributed by atoms with Gasteiger partial charge in [-0.25, -0.2) is 4.39 Å². The topological polar surface area (TPSA) is 12.9 Å². The maximum Gasteiger partial charge on any atom is 0.230 e. The van der Waals surface area contributed by atoms with Gasteiger partial charge >= 0.3 is 0 Å². The van der Waals surface area contributed by atoms with Crippen molar-refractivity contribution >= 4 is 20.7 Å². The first-order valence-corrected chi connectivity index (χ1v) is 4.95. The van der Waals surface area contributed by atoms with Crippen LogP contribution >= 0.6 is 10.5 Å². The molecule has 1 aromatic carbocycles. The lowest BCUT2D eigenvalue weighted by molar-refractivity contribution is 0.629. The van der Waals surface area contributed by atoms with E-state index in [0.29, 0.717) is 0 Å². The molecule has 1 atom stereocenters. The molecule has 11 heavy (non-hydrogen) atoms. The van der Waals surface area contributed by atoms with Crippen LogP contribution in [0.15, 0.2) is 23.7 Å². The SMILES string of the molecule is C[s+]1cnc2cc(F)ccc21. The third-order valence-corrected chi connectivity index (χ3v) is 3.08. The highest BCUT2D eigenvalue weighted by atomic mass is 32.2. The minimum Gasteiger partial charge on any atom is -0.207 e. The molecule has 0 aliphatic carbocycles. The highest BCUT2D eigenvalue weighted by Crippen LogP contribution is 2.26. The Labute approximate surface area is 66.5 Å². The maximum absolute atomic E-state index is 12.6. The summed E-state index contributed by atoms with van der Waals surface area (Å²) in [7, 11) is 0.0856. The normalized spacial score (nSPS) is 12.4. The molecule has 2 rings (SSSR count). The first-order chi connectivity index (χ1) is 5.27. The summed E-state index contributed by atoms with van der Waals surface area (Å²) in [6.45, 7) is 0. The first kappa shape index (κ1) is 6.73. The van der Waals surface area contributed by atoms with Gasteiger partial charge in [0, 0.05) is 22.6 Å². The zero-order valence-corrected chi connectivity index (χ0v) is 6.86. The minimum atomic E-state index is -0.209. The number of thiazole rings is 1. The highest BCUT2D eigenvalue weighted by molar-refractivity contribution is 7.33. The van der Waals surface area contributed by atoms with Gasteiger partial charge in [-0.2, -0.15) is 4.98 Å². The Morgan fingerprint density at radius 2 is 2.27 bits per heavy atom. The van der Waals surface area contributed by atoms with Crippen LogP contribution in [0.1, 0.15) is 0 Å². The van der Waals surface area contributed by atoms with Crippen LogP contribution in [0.3, 0.4) is 0 Å².